The van der Waals surface area contributed by atoms with E-state index >= 15 is 0 Å². The second kappa shape index (κ2) is 5.14. The lowest BCUT2D eigenvalue weighted by atomic mass is 10.0. The maximum Gasteiger partial charge on any atom is 0.352 e. The number of hydrogen-bond acceptors (Lipinski definition) is 2. The van der Waals surface area contributed by atoms with Gasteiger partial charge in [-0.3, -0.25) is 4.79 Å². The van der Waals surface area contributed by atoms with Crippen LogP contribution in [0.5, 0.6) is 0 Å². The molecule has 0 unspecified atom stereocenters. The van der Waals surface area contributed by atoms with Crippen LogP contribution in [-0.4, -0.2) is 28.0 Å². The second-order valence-corrected chi connectivity index (χ2v) is 4.63. The highest BCUT2D eigenvalue weighted by Gasteiger charge is 2.18. The van der Waals surface area contributed by atoms with Crippen molar-refractivity contribution in [2.45, 2.75) is 26.3 Å². The number of aromatic carboxylic acids is 1. The molecule has 0 saturated heterocycles. The zero-order valence-corrected chi connectivity index (χ0v) is 10.9. The van der Waals surface area contributed by atoms with E-state index in [1.165, 1.54) is 6.92 Å². The van der Waals surface area contributed by atoms with E-state index in [4.69, 9.17) is 0 Å². The van der Waals surface area contributed by atoms with Crippen LogP contribution in [0.2, 0.25) is 0 Å². The number of benzene rings is 1. The Morgan fingerprint density at radius 2 is 2.05 bits per heavy atom. The number of carbonyl (C=O) groups is 2. The van der Waals surface area contributed by atoms with E-state index in [0.29, 0.717) is 6.42 Å². The van der Waals surface area contributed by atoms with Crippen molar-refractivity contribution in [3.05, 3.63) is 35.5 Å². The molecule has 5 heteroatoms. The molecule has 5 nitrogen and oxygen atoms in total. The molecule has 2 aromatic rings. The molecule has 1 atom stereocenters. The lowest BCUT2D eigenvalue weighted by Crippen LogP contribution is -2.32. The third kappa shape index (κ3) is 2.76. The van der Waals surface area contributed by atoms with Gasteiger partial charge >= 0.3 is 5.97 Å². The predicted octanol–water partition coefficient (Wildman–Crippen LogP) is 1.93. The van der Waals surface area contributed by atoms with E-state index in [-0.39, 0.29) is 17.6 Å². The molecule has 0 saturated carbocycles. The molecule has 1 aromatic carbocycles. The van der Waals surface area contributed by atoms with E-state index < -0.39 is 5.97 Å². The molecule has 1 heterocycles. The minimum atomic E-state index is -0.985. The summed E-state index contributed by atoms with van der Waals surface area (Å²) >= 11 is 0. The molecule has 3 N–H and O–H groups in total. The second-order valence-electron chi connectivity index (χ2n) is 4.63. The summed E-state index contributed by atoms with van der Waals surface area (Å²) in [6.07, 6.45) is 0.477. The molecule has 100 valence electrons. The number of rotatable bonds is 4. The molecule has 0 fully saturated rings. The third-order valence-electron chi connectivity index (χ3n) is 2.99. The number of carbonyl (C=O) groups excluding carboxylic acids is 1. The predicted molar refractivity (Wildman–Crippen MR) is 72.2 cm³/mol. The van der Waals surface area contributed by atoms with Crippen LogP contribution in [0.3, 0.4) is 0 Å². The molecule has 0 aliphatic carbocycles. The first kappa shape index (κ1) is 13.1. The van der Waals surface area contributed by atoms with Crippen LogP contribution in [0.25, 0.3) is 10.9 Å². The SMILES string of the molecule is CC(=O)N[C@H](C)Cc1c(C(=O)O)[nH]c2ccccc12. The van der Waals surface area contributed by atoms with Crippen LogP contribution in [-0.2, 0) is 11.2 Å². The summed E-state index contributed by atoms with van der Waals surface area (Å²) in [5, 5.41) is 12.9. The van der Waals surface area contributed by atoms with Crippen molar-refractivity contribution < 1.29 is 14.7 Å². The largest absolute Gasteiger partial charge is 0.477 e. The van der Waals surface area contributed by atoms with Gasteiger partial charge in [-0.2, -0.15) is 0 Å². The van der Waals surface area contributed by atoms with Crippen LogP contribution < -0.4 is 5.32 Å². The van der Waals surface area contributed by atoms with Crippen LogP contribution in [0.15, 0.2) is 24.3 Å². The number of H-pyrrole nitrogens is 1. The molecule has 0 spiro atoms. The zero-order valence-electron chi connectivity index (χ0n) is 10.9. The maximum absolute atomic E-state index is 11.3. The Morgan fingerprint density at radius 1 is 1.37 bits per heavy atom. The molecular formula is C14H16N2O3. The van der Waals surface area contributed by atoms with Crippen LogP contribution in [0.1, 0.15) is 29.9 Å². The van der Waals surface area contributed by atoms with Crippen LogP contribution in [0.4, 0.5) is 0 Å². The van der Waals surface area contributed by atoms with E-state index in [1.54, 1.807) is 0 Å². The van der Waals surface area contributed by atoms with Gasteiger partial charge < -0.3 is 15.4 Å². The number of carboxylic acid groups (broad SMARTS) is 1. The Kier molecular flexibility index (Phi) is 3.55. The van der Waals surface area contributed by atoms with Gasteiger partial charge in [-0.25, -0.2) is 4.79 Å². The van der Waals surface area contributed by atoms with Gasteiger partial charge in [0, 0.05) is 23.9 Å². The summed E-state index contributed by atoms with van der Waals surface area (Å²) in [5.74, 6) is -1.11. The summed E-state index contributed by atoms with van der Waals surface area (Å²) in [4.78, 5) is 25.2. The van der Waals surface area contributed by atoms with E-state index in [2.05, 4.69) is 10.3 Å². The van der Waals surface area contributed by atoms with Crippen molar-refractivity contribution in [2.24, 2.45) is 0 Å². The summed E-state index contributed by atoms with van der Waals surface area (Å²) in [6, 6.07) is 7.33. The van der Waals surface area contributed by atoms with Gasteiger partial charge in [0.2, 0.25) is 5.91 Å². The number of carboxylic acids is 1. The van der Waals surface area contributed by atoms with Gasteiger partial charge in [0.25, 0.3) is 0 Å². The monoisotopic (exact) mass is 260 g/mol. The van der Waals surface area contributed by atoms with Crippen molar-refractivity contribution >= 4 is 22.8 Å². The van der Waals surface area contributed by atoms with E-state index in [1.807, 2.05) is 31.2 Å². The Morgan fingerprint density at radius 3 is 2.68 bits per heavy atom. The fourth-order valence-electron chi connectivity index (χ4n) is 2.30. The third-order valence-corrected chi connectivity index (χ3v) is 2.99. The molecule has 1 aromatic heterocycles. The summed E-state index contributed by atoms with van der Waals surface area (Å²) in [5.41, 5.74) is 1.72. The number of fused-ring (bicyclic) bond motifs is 1. The Balaban J connectivity index is 2.42. The fraction of sp³-hybridized carbons (Fsp3) is 0.286. The van der Waals surface area contributed by atoms with Gasteiger partial charge in [0.1, 0.15) is 5.69 Å². The Labute approximate surface area is 110 Å². The van der Waals surface area contributed by atoms with E-state index in [0.717, 1.165) is 16.5 Å². The summed E-state index contributed by atoms with van der Waals surface area (Å²) in [6.45, 7) is 3.30. The molecule has 2 rings (SSSR count). The average molecular weight is 260 g/mol. The fourth-order valence-corrected chi connectivity index (χ4v) is 2.30. The number of hydrogen-bond donors (Lipinski definition) is 3. The molecule has 19 heavy (non-hydrogen) atoms. The number of nitrogens with one attached hydrogen (secondary N) is 2. The van der Waals surface area contributed by atoms with Crippen molar-refractivity contribution in [1.29, 1.82) is 0 Å². The molecule has 1 amide bonds. The number of aromatic nitrogens is 1. The number of amides is 1. The highest BCUT2D eigenvalue weighted by molar-refractivity contribution is 5.97. The first-order chi connectivity index (χ1) is 8.99. The molecule has 0 aliphatic rings. The van der Waals surface area contributed by atoms with Crippen LogP contribution >= 0.6 is 0 Å². The molecule has 0 radical (unpaired) electrons. The summed E-state index contributed by atoms with van der Waals surface area (Å²) < 4.78 is 0. The smallest absolute Gasteiger partial charge is 0.352 e. The minimum absolute atomic E-state index is 0.116. The quantitative estimate of drug-likeness (QED) is 0.785. The topological polar surface area (TPSA) is 82.2 Å². The van der Waals surface area contributed by atoms with Gasteiger partial charge in [0.05, 0.1) is 0 Å². The maximum atomic E-state index is 11.3. The number of para-hydroxylation sites is 1. The molecule has 0 bridgehead atoms. The first-order valence-corrected chi connectivity index (χ1v) is 6.09. The Bertz CT molecular complexity index is 631. The lowest BCUT2D eigenvalue weighted by Gasteiger charge is -2.12. The lowest BCUT2D eigenvalue weighted by molar-refractivity contribution is -0.119. The van der Waals surface area contributed by atoms with Crippen molar-refractivity contribution in [3.8, 4) is 0 Å². The Hall–Kier alpha value is -2.30. The van der Waals surface area contributed by atoms with Crippen molar-refractivity contribution in [2.75, 3.05) is 0 Å². The standard InChI is InChI=1S/C14H16N2O3/c1-8(15-9(2)17)7-11-10-5-3-4-6-12(10)16-13(11)14(18)19/h3-6,8,16H,7H2,1-2H3,(H,15,17)(H,18,19)/t8-/m1/s1. The number of aromatic amines is 1. The van der Waals surface area contributed by atoms with Gasteiger partial charge in [-0.05, 0) is 25.0 Å². The highest BCUT2D eigenvalue weighted by atomic mass is 16.4. The highest BCUT2D eigenvalue weighted by Crippen LogP contribution is 2.23. The summed E-state index contributed by atoms with van der Waals surface area (Å²) in [7, 11) is 0. The van der Waals surface area contributed by atoms with Crippen molar-refractivity contribution in [1.82, 2.24) is 10.3 Å². The van der Waals surface area contributed by atoms with Crippen LogP contribution in [0, 0.1) is 0 Å². The normalized spacial score (nSPS) is 12.3. The van der Waals surface area contributed by atoms with Gasteiger partial charge in [-0.1, -0.05) is 18.2 Å². The zero-order chi connectivity index (χ0) is 14.0. The molecule has 0 aliphatic heterocycles. The van der Waals surface area contributed by atoms with Gasteiger partial charge in [0.15, 0.2) is 0 Å². The molecular weight excluding hydrogens is 244 g/mol. The van der Waals surface area contributed by atoms with E-state index in [9.17, 15) is 14.7 Å². The first-order valence-electron chi connectivity index (χ1n) is 6.09. The van der Waals surface area contributed by atoms with Crippen molar-refractivity contribution in [3.63, 3.8) is 0 Å². The van der Waals surface area contributed by atoms with Gasteiger partial charge in [-0.15, -0.1) is 0 Å². The minimum Gasteiger partial charge on any atom is -0.477 e. The average Bonchev–Trinajstić information content (AvgIpc) is 2.67.